The van der Waals surface area contributed by atoms with Gasteiger partial charge in [0.2, 0.25) is 0 Å². The van der Waals surface area contributed by atoms with Gasteiger partial charge in [0, 0.05) is 10.7 Å². The van der Waals surface area contributed by atoms with Crippen LogP contribution in [0, 0.1) is 0 Å². The molecule has 0 saturated heterocycles. The van der Waals surface area contributed by atoms with E-state index in [1.54, 1.807) is 12.1 Å². The minimum atomic E-state index is -0.671. The highest BCUT2D eigenvalue weighted by Crippen LogP contribution is 2.27. The summed E-state index contributed by atoms with van der Waals surface area (Å²) in [4.78, 5) is 24.0. The van der Waals surface area contributed by atoms with Crippen molar-refractivity contribution in [2.75, 3.05) is 18.5 Å². The van der Waals surface area contributed by atoms with E-state index in [2.05, 4.69) is 5.32 Å². The molecule has 0 aliphatic heterocycles. The lowest BCUT2D eigenvalue weighted by molar-refractivity contribution is -0.149. The quantitative estimate of drug-likeness (QED) is 0.642. The average Bonchev–Trinajstić information content (AvgIpc) is 2.65. The van der Waals surface area contributed by atoms with Crippen molar-refractivity contribution < 1.29 is 19.1 Å². The van der Waals surface area contributed by atoms with E-state index in [4.69, 9.17) is 32.7 Å². The lowest BCUT2D eigenvalue weighted by atomic mass is 10.0. The second kappa shape index (κ2) is 10.2. The summed E-state index contributed by atoms with van der Waals surface area (Å²) in [6.07, 6.45) is 1.58. The Morgan fingerprint density at radius 3 is 2.26 bits per heavy atom. The lowest BCUT2D eigenvalue weighted by Gasteiger charge is -2.14. The molecule has 1 amide bonds. The first-order valence-electron chi connectivity index (χ1n) is 8.58. The highest BCUT2D eigenvalue weighted by atomic mass is 35.5. The SMILES string of the molecule is CCc1cccc(CC)c1NC(=O)COC(=O)COc1ccc(Cl)cc1Cl. The molecule has 0 atom stereocenters. The van der Waals surface area contributed by atoms with Gasteiger partial charge in [-0.25, -0.2) is 4.79 Å². The molecule has 0 bridgehead atoms. The molecular formula is C20H21Cl2NO4. The second-order valence-corrected chi connectivity index (χ2v) is 6.57. The van der Waals surface area contributed by atoms with Crippen LogP contribution in [0.25, 0.3) is 0 Å². The third kappa shape index (κ3) is 6.15. The van der Waals surface area contributed by atoms with Gasteiger partial charge < -0.3 is 14.8 Å². The number of para-hydroxylation sites is 1. The number of anilines is 1. The van der Waals surface area contributed by atoms with Gasteiger partial charge in [-0.15, -0.1) is 0 Å². The zero-order valence-electron chi connectivity index (χ0n) is 15.2. The number of hydrogen-bond donors (Lipinski definition) is 1. The molecule has 0 unspecified atom stereocenters. The van der Waals surface area contributed by atoms with Gasteiger partial charge >= 0.3 is 5.97 Å². The number of nitrogens with one attached hydrogen (secondary N) is 1. The van der Waals surface area contributed by atoms with Crippen LogP contribution in [-0.2, 0) is 27.2 Å². The Hall–Kier alpha value is -2.24. The van der Waals surface area contributed by atoms with E-state index in [1.807, 2.05) is 32.0 Å². The molecule has 0 radical (unpaired) electrons. The Morgan fingerprint density at radius 1 is 1.00 bits per heavy atom. The second-order valence-electron chi connectivity index (χ2n) is 5.73. The van der Waals surface area contributed by atoms with Crippen LogP contribution in [0.15, 0.2) is 36.4 Å². The molecule has 144 valence electrons. The molecule has 2 aromatic rings. The molecular weight excluding hydrogens is 389 g/mol. The number of halogens is 2. The van der Waals surface area contributed by atoms with Crippen molar-refractivity contribution in [1.29, 1.82) is 0 Å². The molecule has 0 aliphatic carbocycles. The predicted molar refractivity (Wildman–Crippen MR) is 107 cm³/mol. The third-order valence-corrected chi connectivity index (χ3v) is 4.40. The zero-order chi connectivity index (χ0) is 19.8. The van der Waals surface area contributed by atoms with Crippen molar-refractivity contribution in [2.45, 2.75) is 26.7 Å². The molecule has 5 nitrogen and oxygen atoms in total. The zero-order valence-corrected chi connectivity index (χ0v) is 16.7. The number of amides is 1. The smallest absolute Gasteiger partial charge is 0.344 e. The largest absolute Gasteiger partial charge is 0.480 e. The van der Waals surface area contributed by atoms with Gasteiger partial charge in [-0.2, -0.15) is 0 Å². The molecule has 0 heterocycles. The van der Waals surface area contributed by atoms with Crippen molar-refractivity contribution in [3.05, 3.63) is 57.6 Å². The number of esters is 1. The first-order valence-corrected chi connectivity index (χ1v) is 9.34. The molecule has 7 heteroatoms. The fourth-order valence-corrected chi connectivity index (χ4v) is 2.96. The van der Waals surface area contributed by atoms with Crippen LogP contribution in [0.4, 0.5) is 5.69 Å². The number of ether oxygens (including phenoxy) is 2. The van der Waals surface area contributed by atoms with Gasteiger partial charge in [0.25, 0.3) is 5.91 Å². The summed E-state index contributed by atoms with van der Waals surface area (Å²) >= 11 is 11.8. The van der Waals surface area contributed by atoms with Crippen LogP contribution in [0.2, 0.25) is 10.0 Å². The van der Waals surface area contributed by atoms with Gasteiger partial charge in [-0.3, -0.25) is 4.79 Å². The van der Waals surface area contributed by atoms with E-state index in [0.717, 1.165) is 29.7 Å². The summed E-state index contributed by atoms with van der Waals surface area (Å²) in [7, 11) is 0. The monoisotopic (exact) mass is 409 g/mol. The van der Waals surface area contributed by atoms with Crippen molar-refractivity contribution in [3.63, 3.8) is 0 Å². The molecule has 0 aromatic heterocycles. The minimum Gasteiger partial charge on any atom is -0.480 e. The first kappa shape index (κ1) is 21.1. The molecule has 2 rings (SSSR count). The number of aryl methyl sites for hydroxylation is 2. The Labute approximate surface area is 168 Å². The van der Waals surface area contributed by atoms with E-state index in [0.29, 0.717) is 10.8 Å². The topological polar surface area (TPSA) is 64.6 Å². The molecule has 0 fully saturated rings. The molecule has 1 N–H and O–H groups in total. The molecule has 0 spiro atoms. The van der Waals surface area contributed by atoms with Gasteiger partial charge in [0.05, 0.1) is 5.02 Å². The van der Waals surface area contributed by atoms with Gasteiger partial charge in [-0.1, -0.05) is 55.2 Å². The van der Waals surface area contributed by atoms with E-state index in [1.165, 1.54) is 6.07 Å². The molecule has 0 saturated carbocycles. The fourth-order valence-electron chi connectivity index (χ4n) is 2.50. The number of hydrogen-bond acceptors (Lipinski definition) is 4. The molecule has 2 aromatic carbocycles. The highest BCUT2D eigenvalue weighted by molar-refractivity contribution is 6.35. The van der Waals surface area contributed by atoms with Gasteiger partial charge in [0.1, 0.15) is 5.75 Å². The van der Waals surface area contributed by atoms with Crippen LogP contribution >= 0.6 is 23.2 Å². The van der Waals surface area contributed by atoms with E-state index >= 15 is 0 Å². The molecule has 27 heavy (non-hydrogen) atoms. The maximum absolute atomic E-state index is 12.2. The summed E-state index contributed by atoms with van der Waals surface area (Å²) in [5.41, 5.74) is 2.86. The van der Waals surface area contributed by atoms with Gasteiger partial charge in [0.15, 0.2) is 13.2 Å². The van der Waals surface area contributed by atoms with E-state index in [-0.39, 0.29) is 11.6 Å². The highest BCUT2D eigenvalue weighted by Gasteiger charge is 2.13. The summed E-state index contributed by atoms with van der Waals surface area (Å²) in [6.45, 7) is 3.28. The normalized spacial score (nSPS) is 10.4. The number of carbonyl (C=O) groups excluding carboxylic acids is 2. The van der Waals surface area contributed by atoms with E-state index in [9.17, 15) is 9.59 Å². The van der Waals surface area contributed by atoms with Crippen LogP contribution in [0.3, 0.4) is 0 Å². The summed E-state index contributed by atoms with van der Waals surface area (Å²) in [6, 6.07) is 10.5. The van der Waals surface area contributed by atoms with Crippen molar-refractivity contribution in [3.8, 4) is 5.75 Å². The molecule has 0 aliphatic rings. The maximum Gasteiger partial charge on any atom is 0.344 e. The fraction of sp³-hybridized carbons (Fsp3) is 0.300. The van der Waals surface area contributed by atoms with Crippen LogP contribution < -0.4 is 10.1 Å². The number of benzene rings is 2. The van der Waals surface area contributed by atoms with Crippen molar-refractivity contribution in [2.24, 2.45) is 0 Å². The standard InChI is InChI=1S/C20H21Cl2NO4/c1-3-13-6-5-7-14(4-2)20(13)23-18(24)11-27-19(25)12-26-17-9-8-15(21)10-16(17)22/h5-10H,3-4,11-12H2,1-2H3,(H,23,24). The third-order valence-electron chi connectivity index (χ3n) is 3.87. The Kier molecular flexibility index (Phi) is 7.95. The van der Waals surface area contributed by atoms with Gasteiger partial charge in [-0.05, 0) is 42.2 Å². The summed E-state index contributed by atoms with van der Waals surface area (Å²) in [5, 5.41) is 3.58. The Balaban J connectivity index is 1.86. The lowest BCUT2D eigenvalue weighted by Crippen LogP contribution is -2.24. The summed E-state index contributed by atoms with van der Waals surface area (Å²) in [5.74, 6) is -0.758. The van der Waals surface area contributed by atoms with Crippen LogP contribution in [0.5, 0.6) is 5.75 Å². The number of rotatable bonds is 8. The first-order chi connectivity index (χ1) is 12.9. The maximum atomic E-state index is 12.2. The van der Waals surface area contributed by atoms with E-state index < -0.39 is 18.5 Å². The Morgan fingerprint density at radius 2 is 1.67 bits per heavy atom. The van der Waals surface area contributed by atoms with Crippen LogP contribution in [-0.4, -0.2) is 25.1 Å². The van der Waals surface area contributed by atoms with Crippen molar-refractivity contribution in [1.82, 2.24) is 0 Å². The predicted octanol–water partition coefficient (Wildman–Crippen LogP) is 4.68. The Bertz CT molecular complexity index is 801. The minimum absolute atomic E-state index is 0.288. The van der Waals surface area contributed by atoms with Crippen LogP contribution in [0.1, 0.15) is 25.0 Å². The van der Waals surface area contributed by atoms with Crippen molar-refractivity contribution >= 4 is 40.8 Å². The summed E-state index contributed by atoms with van der Waals surface area (Å²) < 4.78 is 10.2. The number of carbonyl (C=O) groups is 2. The average molecular weight is 410 g/mol.